The zero-order valence-corrected chi connectivity index (χ0v) is 16.1. The Morgan fingerprint density at radius 1 is 1.18 bits per heavy atom. The summed E-state index contributed by atoms with van der Waals surface area (Å²) in [7, 11) is -1.98. The van der Waals surface area contributed by atoms with Crippen LogP contribution in [0.25, 0.3) is 0 Å². The number of nitrogens with zero attached hydrogens (tertiary/aromatic N) is 4. The minimum Gasteiger partial charge on any atom is -0.361 e. The van der Waals surface area contributed by atoms with E-state index in [1.54, 1.807) is 30.3 Å². The predicted molar refractivity (Wildman–Crippen MR) is 106 cm³/mol. The van der Waals surface area contributed by atoms with E-state index < -0.39 is 10.0 Å². The maximum Gasteiger partial charge on any atom is 0.295 e. The van der Waals surface area contributed by atoms with Crippen molar-refractivity contribution < 1.29 is 8.42 Å². The Bertz CT molecular complexity index is 1100. The Kier molecular flexibility index (Phi) is 4.53. The molecule has 1 N–H and O–H groups in total. The van der Waals surface area contributed by atoms with Gasteiger partial charge in [0.2, 0.25) is 0 Å². The number of hydrogen-bond donors (Lipinski definition) is 1. The Morgan fingerprint density at radius 3 is 2.64 bits per heavy atom. The van der Waals surface area contributed by atoms with Crippen LogP contribution in [0.4, 0.5) is 0 Å². The third-order valence-electron chi connectivity index (χ3n) is 4.77. The fourth-order valence-electron chi connectivity index (χ4n) is 3.35. The maximum atomic E-state index is 13.1. The van der Waals surface area contributed by atoms with Crippen LogP contribution in [-0.2, 0) is 10.0 Å². The van der Waals surface area contributed by atoms with Gasteiger partial charge in [0, 0.05) is 19.2 Å². The zero-order valence-electron chi connectivity index (χ0n) is 15.3. The highest BCUT2D eigenvalue weighted by molar-refractivity contribution is 7.92. The highest BCUT2D eigenvalue weighted by atomic mass is 32.2. The van der Waals surface area contributed by atoms with E-state index in [0.29, 0.717) is 17.9 Å². The number of sulfonamides is 1. The van der Waals surface area contributed by atoms with Gasteiger partial charge in [0.05, 0.1) is 30.6 Å². The topological polar surface area (TPSA) is 88.8 Å². The Balaban J connectivity index is 1.76. The Hall–Kier alpha value is -3.31. The molecule has 1 unspecified atom stereocenters. The first kappa shape index (κ1) is 18.1. The highest BCUT2D eigenvalue weighted by Crippen LogP contribution is 2.32. The SMILES string of the molecule is CN1C=C(S(=O)(=O)N2CC(c3cccc(C#N)c3)C(c3ccccc3)=N2)NC1. The van der Waals surface area contributed by atoms with Gasteiger partial charge in [0.25, 0.3) is 10.0 Å². The van der Waals surface area contributed by atoms with Crippen LogP contribution in [-0.4, -0.2) is 43.7 Å². The molecule has 0 aromatic heterocycles. The number of benzene rings is 2. The smallest absolute Gasteiger partial charge is 0.295 e. The molecule has 4 rings (SSSR count). The van der Waals surface area contributed by atoms with E-state index in [9.17, 15) is 13.7 Å². The average molecular weight is 393 g/mol. The molecule has 0 fully saturated rings. The second-order valence-corrected chi connectivity index (χ2v) is 8.55. The monoisotopic (exact) mass is 393 g/mol. The van der Waals surface area contributed by atoms with Gasteiger partial charge in [0.1, 0.15) is 0 Å². The van der Waals surface area contributed by atoms with Gasteiger partial charge >= 0.3 is 0 Å². The van der Waals surface area contributed by atoms with Crippen molar-refractivity contribution in [2.45, 2.75) is 5.92 Å². The Morgan fingerprint density at radius 2 is 1.96 bits per heavy atom. The van der Waals surface area contributed by atoms with Crippen LogP contribution in [0.2, 0.25) is 0 Å². The molecule has 7 nitrogen and oxygen atoms in total. The number of hydrazone groups is 1. The van der Waals surface area contributed by atoms with Gasteiger partial charge in [-0.3, -0.25) is 0 Å². The summed E-state index contributed by atoms with van der Waals surface area (Å²) in [4.78, 5) is 1.76. The molecule has 0 saturated heterocycles. The summed E-state index contributed by atoms with van der Waals surface area (Å²) in [6.07, 6.45) is 1.57. The summed E-state index contributed by atoms with van der Waals surface area (Å²) >= 11 is 0. The molecule has 1 atom stereocenters. The molecule has 0 radical (unpaired) electrons. The summed E-state index contributed by atoms with van der Waals surface area (Å²) in [5, 5.41) is 16.8. The highest BCUT2D eigenvalue weighted by Gasteiger charge is 2.38. The molecule has 0 spiro atoms. The van der Waals surface area contributed by atoms with Gasteiger partial charge in [-0.05, 0) is 23.3 Å². The van der Waals surface area contributed by atoms with E-state index in [2.05, 4.69) is 16.5 Å². The molecule has 2 heterocycles. The summed E-state index contributed by atoms with van der Waals surface area (Å²) < 4.78 is 27.3. The largest absolute Gasteiger partial charge is 0.361 e. The van der Waals surface area contributed by atoms with Gasteiger partial charge < -0.3 is 10.2 Å². The first-order chi connectivity index (χ1) is 13.5. The quantitative estimate of drug-likeness (QED) is 0.858. The average Bonchev–Trinajstić information content (AvgIpc) is 3.36. The van der Waals surface area contributed by atoms with Crippen molar-refractivity contribution in [3.05, 3.63) is 82.5 Å². The number of rotatable bonds is 4. The predicted octanol–water partition coefficient (Wildman–Crippen LogP) is 1.98. The molecule has 0 saturated carbocycles. The molecule has 8 heteroatoms. The molecule has 142 valence electrons. The van der Waals surface area contributed by atoms with Crippen molar-refractivity contribution in [1.82, 2.24) is 14.6 Å². The van der Waals surface area contributed by atoms with E-state index >= 15 is 0 Å². The molecular weight excluding hydrogens is 374 g/mol. The molecule has 2 aromatic rings. The maximum absolute atomic E-state index is 13.1. The lowest BCUT2D eigenvalue weighted by Gasteiger charge is -2.17. The normalized spacial score (nSPS) is 19.1. The molecular formula is C20H19N5O2S. The number of nitrogens with one attached hydrogen (secondary N) is 1. The third kappa shape index (κ3) is 3.21. The molecule has 0 amide bonds. The molecule has 2 aromatic carbocycles. The van der Waals surface area contributed by atoms with Gasteiger partial charge in [-0.25, -0.2) is 0 Å². The second kappa shape index (κ2) is 7.02. The van der Waals surface area contributed by atoms with Crippen LogP contribution >= 0.6 is 0 Å². The van der Waals surface area contributed by atoms with Crippen LogP contribution in [0, 0.1) is 11.3 Å². The van der Waals surface area contributed by atoms with Crippen molar-refractivity contribution in [3.8, 4) is 6.07 Å². The molecule has 0 bridgehead atoms. The zero-order chi connectivity index (χ0) is 19.7. The standard InChI is InChI=1S/C20H19N5O2S/c1-24-13-19(22-14-24)28(26,27)25-12-18(17-9-5-6-15(10-17)11-21)20(23-25)16-7-3-2-4-8-16/h2-10,13,18,22H,12,14H2,1H3. The first-order valence-corrected chi connectivity index (χ1v) is 10.3. The minimum atomic E-state index is -3.78. The van der Waals surface area contributed by atoms with Crippen LogP contribution in [0.5, 0.6) is 0 Å². The number of hydrogen-bond acceptors (Lipinski definition) is 6. The van der Waals surface area contributed by atoms with E-state index in [1.807, 2.05) is 42.5 Å². The summed E-state index contributed by atoms with van der Waals surface area (Å²) in [6, 6.07) is 18.9. The van der Waals surface area contributed by atoms with Gasteiger partial charge in [-0.2, -0.15) is 23.2 Å². The molecule has 2 aliphatic rings. The van der Waals surface area contributed by atoms with Crippen LogP contribution < -0.4 is 5.32 Å². The lowest BCUT2D eigenvalue weighted by molar-refractivity contribution is 0.453. The molecule has 0 aliphatic carbocycles. The van der Waals surface area contributed by atoms with E-state index in [1.165, 1.54) is 0 Å². The van der Waals surface area contributed by atoms with Crippen molar-refractivity contribution in [3.63, 3.8) is 0 Å². The van der Waals surface area contributed by atoms with E-state index in [4.69, 9.17) is 0 Å². The lowest BCUT2D eigenvalue weighted by Crippen LogP contribution is -2.31. The summed E-state index contributed by atoms with van der Waals surface area (Å²) in [6.45, 7) is 0.621. The lowest BCUT2D eigenvalue weighted by atomic mass is 9.90. The van der Waals surface area contributed by atoms with Gasteiger partial charge in [0.15, 0.2) is 5.03 Å². The van der Waals surface area contributed by atoms with Crippen molar-refractivity contribution in [2.24, 2.45) is 5.10 Å². The van der Waals surface area contributed by atoms with Gasteiger partial charge in [-0.15, -0.1) is 0 Å². The fraction of sp³-hybridized carbons (Fsp3) is 0.200. The Labute approximate surface area is 164 Å². The third-order valence-corrected chi connectivity index (χ3v) is 6.36. The molecule has 2 aliphatic heterocycles. The summed E-state index contributed by atoms with van der Waals surface area (Å²) in [5.74, 6) is -0.259. The van der Waals surface area contributed by atoms with Crippen molar-refractivity contribution in [1.29, 1.82) is 5.26 Å². The van der Waals surface area contributed by atoms with E-state index in [-0.39, 0.29) is 17.5 Å². The van der Waals surface area contributed by atoms with Crippen molar-refractivity contribution >= 4 is 15.7 Å². The van der Waals surface area contributed by atoms with E-state index in [0.717, 1.165) is 15.5 Å². The van der Waals surface area contributed by atoms with Crippen molar-refractivity contribution in [2.75, 3.05) is 20.3 Å². The minimum absolute atomic E-state index is 0.137. The van der Waals surface area contributed by atoms with Gasteiger partial charge in [-0.1, -0.05) is 42.5 Å². The fourth-order valence-corrected chi connectivity index (χ4v) is 4.67. The number of nitriles is 1. The summed E-state index contributed by atoms with van der Waals surface area (Å²) in [5.41, 5.74) is 2.93. The van der Waals surface area contributed by atoms with Crippen LogP contribution in [0.1, 0.15) is 22.6 Å². The first-order valence-electron chi connectivity index (χ1n) is 8.81. The molecule has 28 heavy (non-hydrogen) atoms. The van der Waals surface area contributed by atoms with Crippen LogP contribution in [0.15, 0.2) is 70.9 Å². The second-order valence-electron chi connectivity index (χ2n) is 6.74. The van der Waals surface area contributed by atoms with Crippen LogP contribution in [0.3, 0.4) is 0 Å².